The molecule has 1 N–H and O–H groups in total. The highest BCUT2D eigenvalue weighted by Gasteiger charge is 2.49. The summed E-state index contributed by atoms with van der Waals surface area (Å²) in [4.78, 5) is 24.7. The molecule has 2 saturated carbocycles. The molecule has 0 aliphatic heterocycles. The van der Waals surface area contributed by atoms with Crippen LogP contribution in [0.15, 0.2) is 0 Å². The first-order valence-electron chi connectivity index (χ1n) is 6.32. The lowest BCUT2D eigenvalue weighted by Gasteiger charge is -2.36. The highest BCUT2D eigenvalue weighted by atomic mass is 16.4. The Labute approximate surface area is 102 Å². The first-order valence-corrected chi connectivity index (χ1v) is 6.32. The molecule has 2 aliphatic carbocycles. The number of fused-ring (bicyclic) bond motifs is 1. The highest BCUT2D eigenvalue weighted by molar-refractivity contribution is 5.84. The van der Waals surface area contributed by atoms with Gasteiger partial charge in [-0.05, 0) is 51.9 Å². The Hall–Kier alpha value is -1.06. The monoisotopic (exact) mass is 239 g/mol. The van der Waals surface area contributed by atoms with Gasteiger partial charge in [0.25, 0.3) is 0 Å². The summed E-state index contributed by atoms with van der Waals surface area (Å²) in [7, 11) is 0. The molecule has 2 unspecified atom stereocenters. The van der Waals surface area contributed by atoms with Gasteiger partial charge in [0.15, 0.2) is 0 Å². The largest absolute Gasteiger partial charge is 0.480 e. The van der Waals surface area contributed by atoms with Gasteiger partial charge in [0, 0.05) is 11.5 Å². The Kier molecular flexibility index (Phi) is 2.92. The molecule has 0 bridgehead atoms. The zero-order chi connectivity index (χ0) is 12.8. The minimum Gasteiger partial charge on any atom is -0.480 e. The number of rotatable bonds is 3. The quantitative estimate of drug-likeness (QED) is 0.816. The van der Waals surface area contributed by atoms with E-state index in [1.807, 2.05) is 20.8 Å². The van der Waals surface area contributed by atoms with E-state index in [-0.39, 0.29) is 18.4 Å². The Morgan fingerprint density at radius 3 is 2.12 bits per heavy atom. The van der Waals surface area contributed by atoms with E-state index in [0.29, 0.717) is 0 Å². The maximum Gasteiger partial charge on any atom is 0.323 e. The van der Waals surface area contributed by atoms with Crippen molar-refractivity contribution in [1.29, 1.82) is 0 Å². The number of carbonyl (C=O) groups is 2. The van der Waals surface area contributed by atoms with E-state index in [1.54, 1.807) is 0 Å². The van der Waals surface area contributed by atoms with Crippen LogP contribution in [0.2, 0.25) is 0 Å². The van der Waals surface area contributed by atoms with E-state index >= 15 is 0 Å². The zero-order valence-electron chi connectivity index (χ0n) is 10.8. The van der Waals surface area contributed by atoms with Crippen LogP contribution in [0.4, 0.5) is 0 Å². The molecule has 4 heteroatoms. The van der Waals surface area contributed by atoms with Crippen molar-refractivity contribution in [1.82, 2.24) is 4.90 Å². The number of carboxylic acid groups (broad SMARTS) is 1. The molecule has 0 heterocycles. The molecule has 2 aliphatic rings. The molecule has 0 aromatic heterocycles. The lowest BCUT2D eigenvalue weighted by molar-refractivity contribution is -0.150. The molecule has 2 rings (SSSR count). The summed E-state index contributed by atoms with van der Waals surface area (Å²) in [6, 6.07) is 0. The number of aliphatic carboxylic acids is 1. The van der Waals surface area contributed by atoms with Gasteiger partial charge in [0.05, 0.1) is 0 Å². The van der Waals surface area contributed by atoms with Crippen molar-refractivity contribution in [3.63, 3.8) is 0 Å². The number of carboxylic acids is 1. The van der Waals surface area contributed by atoms with Crippen molar-refractivity contribution in [2.75, 3.05) is 6.54 Å². The normalized spacial score (nSPS) is 30.9. The number of hydrogen-bond acceptors (Lipinski definition) is 2. The zero-order valence-corrected chi connectivity index (χ0v) is 10.8. The van der Waals surface area contributed by atoms with Crippen molar-refractivity contribution in [2.24, 2.45) is 17.8 Å². The lowest BCUT2D eigenvalue weighted by atomic mass is 9.97. The molecular weight excluding hydrogens is 218 g/mol. The fraction of sp³-hybridized carbons (Fsp3) is 0.846. The molecule has 4 nitrogen and oxygen atoms in total. The summed E-state index contributed by atoms with van der Waals surface area (Å²) in [5.74, 6) is 0.659. The van der Waals surface area contributed by atoms with E-state index in [4.69, 9.17) is 5.11 Å². The second-order valence-corrected chi connectivity index (χ2v) is 6.41. The molecule has 2 atom stereocenters. The number of nitrogens with zero attached hydrogens (tertiary/aromatic N) is 1. The van der Waals surface area contributed by atoms with Gasteiger partial charge in [0.2, 0.25) is 5.91 Å². The van der Waals surface area contributed by atoms with Crippen molar-refractivity contribution in [3.8, 4) is 0 Å². The molecule has 0 radical (unpaired) electrons. The van der Waals surface area contributed by atoms with Crippen LogP contribution in [0.5, 0.6) is 0 Å². The van der Waals surface area contributed by atoms with Crippen LogP contribution in [0.25, 0.3) is 0 Å². The van der Waals surface area contributed by atoms with Gasteiger partial charge in [-0.15, -0.1) is 0 Å². The minimum atomic E-state index is -0.934. The second kappa shape index (κ2) is 4.00. The number of hydrogen-bond donors (Lipinski definition) is 1. The van der Waals surface area contributed by atoms with Crippen molar-refractivity contribution in [3.05, 3.63) is 0 Å². The van der Waals surface area contributed by atoms with E-state index in [9.17, 15) is 9.59 Å². The first kappa shape index (κ1) is 12.4. The molecule has 2 fully saturated rings. The van der Waals surface area contributed by atoms with Gasteiger partial charge in [-0.3, -0.25) is 9.59 Å². The lowest BCUT2D eigenvalue weighted by Crippen LogP contribution is -2.50. The predicted molar refractivity (Wildman–Crippen MR) is 63.4 cm³/mol. The molecule has 0 spiro atoms. The summed E-state index contributed by atoms with van der Waals surface area (Å²) in [5.41, 5.74) is -0.414. The molecule has 96 valence electrons. The highest BCUT2D eigenvalue weighted by Crippen LogP contribution is 2.54. The van der Waals surface area contributed by atoms with Crippen LogP contribution >= 0.6 is 0 Å². The van der Waals surface area contributed by atoms with Crippen LogP contribution in [0.3, 0.4) is 0 Å². The molecule has 0 aromatic carbocycles. The summed E-state index contributed by atoms with van der Waals surface area (Å²) >= 11 is 0. The molecule has 17 heavy (non-hydrogen) atoms. The fourth-order valence-corrected chi connectivity index (χ4v) is 2.92. The van der Waals surface area contributed by atoms with Gasteiger partial charge in [-0.25, -0.2) is 0 Å². The fourth-order valence-electron chi connectivity index (χ4n) is 2.92. The van der Waals surface area contributed by atoms with Gasteiger partial charge in [-0.2, -0.15) is 0 Å². The van der Waals surface area contributed by atoms with Crippen molar-refractivity contribution in [2.45, 2.75) is 45.6 Å². The second-order valence-electron chi connectivity index (χ2n) is 6.41. The Bertz CT molecular complexity index is 335. The van der Waals surface area contributed by atoms with Crippen LogP contribution in [0, 0.1) is 17.8 Å². The third-order valence-electron chi connectivity index (χ3n) is 3.96. The Morgan fingerprint density at radius 2 is 1.71 bits per heavy atom. The number of amides is 1. The van der Waals surface area contributed by atoms with Gasteiger partial charge < -0.3 is 10.0 Å². The van der Waals surface area contributed by atoms with Crippen LogP contribution < -0.4 is 0 Å². The van der Waals surface area contributed by atoms with Crippen LogP contribution in [0.1, 0.15) is 40.0 Å². The van der Waals surface area contributed by atoms with Gasteiger partial charge in [0.1, 0.15) is 6.54 Å². The molecule has 1 amide bonds. The third kappa shape index (κ3) is 2.61. The topological polar surface area (TPSA) is 57.6 Å². The smallest absolute Gasteiger partial charge is 0.323 e. The maximum absolute atomic E-state index is 12.4. The van der Waals surface area contributed by atoms with Crippen LogP contribution in [-0.4, -0.2) is 34.0 Å². The van der Waals surface area contributed by atoms with E-state index in [1.165, 1.54) is 11.3 Å². The van der Waals surface area contributed by atoms with E-state index < -0.39 is 11.5 Å². The van der Waals surface area contributed by atoms with Crippen molar-refractivity contribution < 1.29 is 14.7 Å². The van der Waals surface area contributed by atoms with Gasteiger partial charge >= 0.3 is 5.97 Å². The van der Waals surface area contributed by atoms with E-state index in [0.717, 1.165) is 24.7 Å². The Balaban J connectivity index is 2.04. The standard InChI is InChI=1S/C13H21NO3/c1-13(2,3)14(7-11(15)16)12(17)10-5-8-4-9(8)6-10/h8-10H,4-7H2,1-3H3,(H,15,16). The first-order chi connectivity index (χ1) is 7.79. The van der Waals surface area contributed by atoms with E-state index in [2.05, 4.69) is 0 Å². The molecule has 0 saturated heterocycles. The average molecular weight is 239 g/mol. The third-order valence-corrected chi connectivity index (χ3v) is 3.96. The van der Waals surface area contributed by atoms with Crippen LogP contribution in [-0.2, 0) is 9.59 Å². The maximum atomic E-state index is 12.4. The minimum absolute atomic E-state index is 0.0344. The summed E-state index contributed by atoms with van der Waals surface area (Å²) in [6.45, 7) is 5.49. The average Bonchev–Trinajstić information content (AvgIpc) is 2.79. The Morgan fingerprint density at radius 1 is 1.18 bits per heavy atom. The molecular formula is C13H21NO3. The number of carbonyl (C=O) groups excluding carboxylic acids is 1. The summed E-state index contributed by atoms with van der Waals surface area (Å²) in [5, 5.41) is 8.91. The predicted octanol–water partition coefficient (Wildman–Crippen LogP) is 1.74. The summed E-state index contributed by atoms with van der Waals surface area (Å²) < 4.78 is 0. The SMILES string of the molecule is CC(C)(C)N(CC(=O)O)C(=O)C1CC2CC2C1. The molecule has 0 aromatic rings. The summed E-state index contributed by atoms with van der Waals surface area (Å²) in [6.07, 6.45) is 3.21. The van der Waals surface area contributed by atoms with Crippen molar-refractivity contribution >= 4 is 11.9 Å². The van der Waals surface area contributed by atoms with Gasteiger partial charge in [-0.1, -0.05) is 0 Å².